The Labute approximate surface area is 282 Å². The van der Waals surface area contributed by atoms with Crippen LogP contribution in [0.3, 0.4) is 0 Å². The molecular formula is C34H46N4O9S. The Morgan fingerprint density at radius 1 is 1.15 bits per heavy atom. The Morgan fingerprint density at radius 2 is 1.92 bits per heavy atom. The first-order valence-electron chi connectivity index (χ1n) is 16.3. The summed E-state index contributed by atoms with van der Waals surface area (Å²) in [5.41, 5.74) is 2.76. The standard InChI is InChI=1S/C34H46N4O9S/c1-21(2)18-38(48(42,43)24-10-11-27-26(17-24)31(32(40)36-27)22(3)35-13-15-44-4)19-29(39)28(16-23-8-6-5-7-9-23)37-34(41)47-30-20-46-33-25(30)12-14-45-33/h5-11,17,21,25,28-30,33,35,39H,12-16,18-20H2,1-4H3,(H,36,40)(H,37,41). The van der Waals surface area contributed by atoms with Crippen molar-refractivity contribution in [1.29, 1.82) is 0 Å². The van der Waals surface area contributed by atoms with Crippen molar-refractivity contribution >= 4 is 33.3 Å². The minimum atomic E-state index is -4.17. The average Bonchev–Trinajstić information content (AvgIpc) is 3.75. The third-order valence-electron chi connectivity index (χ3n) is 8.71. The third kappa shape index (κ3) is 8.36. The number of hydrogen-bond acceptors (Lipinski definition) is 10. The molecule has 0 bridgehead atoms. The Morgan fingerprint density at radius 3 is 2.65 bits per heavy atom. The lowest BCUT2D eigenvalue weighted by Gasteiger charge is -2.31. The Kier molecular flexibility index (Phi) is 11.8. The van der Waals surface area contributed by atoms with E-state index >= 15 is 0 Å². The highest BCUT2D eigenvalue weighted by molar-refractivity contribution is 7.89. The molecule has 0 spiro atoms. The lowest BCUT2D eigenvalue weighted by Crippen LogP contribution is -2.51. The van der Waals surface area contributed by atoms with E-state index in [-0.39, 0.29) is 55.0 Å². The molecule has 48 heavy (non-hydrogen) atoms. The van der Waals surface area contributed by atoms with Crippen LogP contribution in [-0.4, -0.2) is 101 Å². The molecule has 2 saturated heterocycles. The van der Waals surface area contributed by atoms with Gasteiger partial charge in [0.2, 0.25) is 10.0 Å². The molecule has 4 N–H and O–H groups in total. The number of carbonyl (C=O) groups is 2. The average molecular weight is 687 g/mol. The molecule has 2 amide bonds. The van der Waals surface area contributed by atoms with Gasteiger partial charge in [-0.3, -0.25) is 4.79 Å². The highest BCUT2D eigenvalue weighted by Gasteiger charge is 2.44. The van der Waals surface area contributed by atoms with Crippen molar-refractivity contribution in [2.45, 2.75) is 63.0 Å². The molecule has 5 unspecified atom stereocenters. The van der Waals surface area contributed by atoms with Gasteiger partial charge in [0, 0.05) is 43.7 Å². The summed E-state index contributed by atoms with van der Waals surface area (Å²) in [5, 5.41) is 20.4. The molecule has 3 heterocycles. The number of ether oxygens (including phenoxy) is 4. The molecule has 2 fully saturated rings. The SMILES string of the molecule is COCCNC(C)=C1C(=O)Nc2ccc(S(=O)(=O)N(CC(C)C)CC(O)C(Cc3ccccc3)NC(=O)OC3COC4OCCC34)cc21. The summed E-state index contributed by atoms with van der Waals surface area (Å²) in [5.74, 6) is -0.474. The maximum atomic E-state index is 14.2. The van der Waals surface area contributed by atoms with E-state index < -0.39 is 34.4 Å². The first kappa shape index (κ1) is 35.8. The number of benzene rings is 2. The molecule has 0 radical (unpaired) electrons. The number of nitrogens with one attached hydrogen (secondary N) is 3. The number of rotatable bonds is 15. The van der Waals surface area contributed by atoms with E-state index in [2.05, 4.69) is 16.0 Å². The van der Waals surface area contributed by atoms with Gasteiger partial charge in [0.25, 0.3) is 5.91 Å². The number of carbonyl (C=O) groups excluding carboxylic acids is 2. The fourth-order valence-corrected chi connectivity index (χ4v) is 7.94. The number of aliphatic hydroxyl groups excluding tert-OH is 1. The number of sulfonamides is 1. The second-order valence-electron chi connectivity index (χ2n) is 12.8. The van der Waals surface area contributed by atoms with Crippen molar-refractivity contribution in [3.05, 3.63) is 65.4 Å². The second-order valence-corrected chi connectivity index (χ2v) is 14.7. The van der Waals surface area contributed by atoms with Crippen LogP contribution in [0.1, 0.15) is 38.3 Å². The molecule has 2 aromatic rings. The normalized spacial score (nSPS) is 22.6. The van der Waals surface area contributed by atoms with Gasteiger partial charge >= 0.3 is 6.09 Å². The smallest absolute Gasteiger partial charge is 0.407 e. The van der Waals surface area contributed by atoms with Crippen molar-refractivity contribution in [1.82, 2.24) is 14.9 Å². The number of fused-ring (bicyclic) bond motifs is 2. The molecule has 0 saturated carbocycles. The van der Waals surface area contributed by atoms with Crippen molar-refractivity contribution in [2.24, 2.45) is 11.8 Å². The predicted molar refractivity (Wildman–Crippen MR) is 178 cm³/mol. The number of amides is 2. The van der Waals surface area contributed by atoms with Crippen LogP contribution in [-0.2, 0) is 40.2 Å². The molecule has 262 valence electrons. The minimum absolute atomic E-state index is 0.0191. The van der Waals surface area contributed by atoms with Crippen molar-refractivity contribution in [3.63, 3.8) is 0 Å². The molecule has 5 rings (SSSR count). The summed E-state index contributed by atoms with van der Waals surface area (Å²) >= 11 is 0. The van der Waals surface area contributed by atoms with E-state index in [4.69, 9.17) is 18.9 Å². The van der Waals surface area contributed by atoms with Crippen LogP contribution in [0.2, 0.25) is 0 Å². The first-order valence-corrected chi connectivity index (χ1v) is 17.7. The van der Waals surface area contributed by atoms with Crippen LogP contribution < -0.4 is 16.0 Å². The molecular weight excluding hydrogens is 640 g/mol. The predicted octanol–water partition coefficient (Wildman–Crippen LogP) is 2.71. The first-order chi connectivity index (χ1) is 23.0. The highest BCUT2D eigenvalue weighted by Crippen LogP contribution is 2.36. The van der Waals surface area contributed by atoms with Gasteiger partial charge < -0.3 is 40.0 Å². The van der Waals surface area contributed by atoms with Gasteiger partial charge in [0.15, 0.2) is 6.29 Å². The topological polar surface area (TPSA) is 165 Å². The maximum absolute atomic E-state index is 14.2. The van der Waals surface area contributed by atoms with Gasteiger partial charge in [-0.1, -0.05) is 44.2 Å². The van der Waals surface area contributed by atoms with Gasteiger partial charge in [0.1, 0.15) is 6.10 Å². The van der Waals surface area contributed by atoms with Crippen LogP contribution in [0.5, 0.6) is 0 Å². The van der Waals surface area contributed by atoms with Gasteiger partial charge in [-0.25, -0.2) is 13.2 Å². The summed E-state index contributed by atoms with van der Waals surface area (Å²) in [7, 11) is -2.59. The molecule has 3 aliphatic heterocycles. The van der Waals surface area contributed by atoms with Crippen LogP contribution in [0.15, 0.2) is 59.1 Å². The van der Waals surface area contributed by atoms with Crippen LogP contribution in [0, 0.1) is 11.8 Å². The van der Waals surface area contributed by atoms with Crippen LogP contribution in [0.4, 0.5) is 10.5 Å². The number of alkyl carbamates (subject to hydrolysis) is 1. The van der Waals surface area contributed by atoms with Gasteiger partial charge in [-0.2, -0.15) is 4.31 Å². The monoisotopic (exact) mass is 686 g/mol. The van der Waals surface area contributed by atoms with E-state index in [1.807, 2.05) is 44.2 Å². The summed E-state index contributed by atoms with van der Waals surface area (Å²) in [4.78, 5) is 26.0. The summed E-state index contributed by atoms with van der Waals surface area (Å²) in [6, 6.07) is 13.0. The van der Waals surface area contributed by atoms with E-state index in [0.29, 0.717) is 42.3 Å². The lowest BCUT2D eigenvalue weighted by molar-refractivity contribution is -0.110. The molecule has 0 aromatic heterocycles. The Hall–Kier alpha value is -3.53. The molecule has 3 aliphatic rings. The molecule has 5 atom stereocenters. The number of aliphatic hydroxyl groups is 1. The number of nitrogens with zero attached hydrogens (tertiary/aromatic N) is 1. The zero-order valence-corrected chi connectivity index (χ0v) is 28.6. The maximum Gasteiger partial charge on any atom is 0.407 e. The largest absolute Gasteiger partial charge is 0.443 e. The lowest BCUT2D eigenvalue weighted by atomic mass is 10.0. The zero-order chi connectivity index (χ0) is 34.4. The fourth-order valence-electron chi connectivity index (χ4n) is 6.29. The van der Waals surface area contributed by atoms with E-state index in [9.17, 15) is 23.1 Å². The summed E-state index contributed by atoms with van der Waals surface area (Å²) in [6.07, 6.45) is -1.94. The Bertz CT molecular complexity index is 1580. The number of methoxy groups -OCH3 is 1. The van der Waals surface area contributed by atoms with E-state index in [1.165, 1.54) is 16.4 Å². The molecule has 14 heteroatoms. The highest BCUT2D eigenvalue weighted by atomic mass is 32.2. The molecule has 13 nitrogen and oxygen atoms in total. The van der Waals surface area contributed by atoms with E-state index in [1.54, 1.807) is 20.1 Å². The van der Waals surface area contributed by atoms with Crippen LogP contribution in [0.25, 0.3) is 5.57 Å². The van der Waals surface area contributed by atoms with Gasteiger partial charge in [-0.15, -0.1) is 0 Å². The van der Waals surface area contributed by atoms with Crippen molar-refractivity contribution in [3.8, 4) is 0 Å². The third-order valence-corrected chi connectivity index (χ3v) is 10.5. The van der Waals surface area contributed by atoms with E-state index in [0.717, 1.165) is 12.0 Å². The number of anilines is 1. The second kappa shape index (κ2) is 15.8. The van der Waals surface area contributed by atoms with Gasteiger partial charge in [0.05, 0.1) is 48.4 Å². The number of hydrogen-bond donors (Lipinski definition) is 4. The summed E-state index contributed by atoms with van der Waals surface area (Å²) in [6.45, 7) is 7.00. The summed E-state index contributed by atoms with van der Waals surface area (Å²) < 4.78 is 51.6. The fraction of sp³-hybridized carbons (Fsp3) is 0.529. The van der Waals surface area contributed by atoms with Crippen LogP contribution >= 0.6 is 0 Å². The quantitative estimate of drug-likeness (QED) is 0.162. The zero-order valence-electron chi connectivity index (χ0n) is 27.8. The van der Waals surface area contributed by atoms with Gasteiger partial charge in [-0.05, 0) is 49.4 Å². The number of allylic oxidation sites excluding steroid dienone is 1. The minimum Gasteiger partial charge on any atom is -0.443 e. The molecule has 0 aliphatic carbocycles. The van der Waals surface area contributed by atoms with Crippen molar-refractivity contribution < 1.29 is 42.1 Å². The van der Waals surface area contributed by atoms with Crippen molar-refractivity contribution in [2.75, 3.05) is 51.9 Å². The Balaban J connectivity index is 1.37. The molecule has 2 aromatic carbocycles.